The summed E-state index contributed by atoms with van der Waals surface area (Å²) in [6.45, 7) is 0. The molecule has 0 unspecified atom stereocenters. The number of methoxy groups -OCH3 is 1. The Balaban J connectivity index is 2.14. The van der Waals surface area contributed by atoms with Gasteiger partial charge in [0.2, 0.25) is 0 Å². The van der Waals surface area contributed by atoms with Gasteiger partial charge in [0, 0.05) is 12.0 Å². The number of H-pyrrole nitrogens is 1. The first-order valence-electron chi connectivity index (χ1n) is 5.72. The van der Waals surface area contributed by atoms with Crippen LogP contribution in [0.5, 0.6) is 5.75 Å². The number of benzene rings is 1. The lowest BCUT2D eigenvalue weighted by Gasteiger charge is -2.09. The van der Waals surface area contributed by atoms with Crippen LogP contribution >= 0.6 is 28.1 Å². The van der Waals surface area contributed by atoms with Crippen LogP contribution in [0.15, 0.2) is 22.7 Å². The van der Waals surface area contributed by atoms with E-state index in [0.29, 0.717) is 10.7 Å². The molecule has 1 aliphatic carbocycles. The number of hydrogen-bond acceptors (Lipinski definition) is 3. The maximum atomic E-state index is 5.31. The number of aromatic nitrogens is 3. The number of aromatic amines is 1. The third-order valence-electron chi connectivity index (χ3n) is 3.03. The fourth-order valence-electron chi connectivity index (χ4n) is 1.96. The van der Waals surface area contributed by atoms with E-state index in [4.69, 9.17) is 17.0 Å². The SMILES string of the molecule is COc1cc(-n2c(C3CC3)n[nH]c2=S)ccc1Br. The zero-order chi connectivity index (χ0) is 12.7. The highest BCUT2D eigenvalue weighted by atomic mass is 79.9. The minimum Gasteiger partial charge on any atom is -0.495 e. The summed E-state index contributed by atoms with van der Waals surface area (Å²) in [6, 6.07) is 5.92. The Labute approximate surface area is 118 Å². The van der Waals surface area contributed by atoms with E-state index in [1.165, 1.54) is 12.8 Å². The van der Waals surface area contributed by atoms with Crippen molar-refractivity contribution < 1.29 is 4.74 Å². The van der Waals surface area contributed by atoms with Crippen molar-refractivity contribution in [1.29, 1.82) is 0 Å². The highest BCUT2D eigenvalue weighted by molar-refractivity contribution is 9.10. The van der Waals surface area contributed by atoms with Gasteiger partial charge in [0.15, 0.2) is 4.77 Å². The van der Waals surface area contributed by atoms with Gasteiger partial charge in [-0.3, -0.25) is 9.67 Å². The molecule has 0 amide bonds. The molecule has 1 aromatic carbocycles. The molecule has 1 aromatic heterocycles. The van der Waals surface area contributed by atoms with Crippen LogP contribution in [-0.4, -0.2) is 21.9 Å². The molecule has 0 bridgehead atoms. The van der Waals surface area contributed by atoms with Gasteiger partial charge in [0.05, 0.1) is 17.3 Å². The molecule has 0 aliphatic heterocycles. The first-order valence-corrected chi connectivity index (χ1v) is 6.92. The van der Waals surface area contributed by atoms with Crippen molar-refractivity contribution in [3.8, 4) is 11.4 Å². The fraction of sp³-hybridized carbons (Fsp3) is 0.333. The van der Waals surface area contributed by atoms with Gasteiger partial charge in [-0.05, 0) is 53.1 Å². The third-order valence-corrected chi connectivity index (χ3v) is 3.96. The van der Waals surface area contributed by atoms with E-state index in [-0.39, 0.29) is 0 Å². The zero-order valence-electron chi connectivity index (χ0n) is 9.81. The smallest absolute Gasteiger partial charge is 0.199 e. The predicted octanol–water partition coefficient (Wildman–Crippen LogP) is 3.58. The van der Waals surface area contributed by atoms with Gasteiger partial charge in [-0.2, -0.15) is 5.10 Å². The first-order chi connectivity index (χ1) is 8.70. The molecule has 0 atom stereocenters. The van der Waals surface area contributed by atoms with Crippen LogP contribution in [0.25, 0.3) is 5.69 Å². The molecule has 6 heteroatoms. The van der Waals surface area contributed by atoms with Gasteiger partial charge in [0.1, 0.15) is 11.6 Å². The van der Waals surface area contributed by atoms with Crippen molar-refractivity contribution in [2.75, 3.05) is 7.11 Å². The highest BCUT2D eigenvalue weighted by Crippen LogP contribution is 2.40. The minimum atomic E-state index is 0.535. The molecule has 1 fully saturated rings. The van der Waals surface area contributed by atoms with Gasteiger partial charge < -0.3 is 4.74 Å². The number of halogens is 1. The largest absolute Gasteiger partial charge is 0.495 e. The molecule has 0 spiro atoms. The van der Waals surface area contributed by atoms with Crippen LogP contribution in [0, 0.1) is 4.77 Å². The molecule has 1 heterocycles. The van der Waals surface area contributed by atoms with E-state index in [9.17, 15) is 0 Å². The molecule has 1 N–H and O–H groups in total. The average Bonchev–Trinajstić information content (AvgIpc) is 3.14. The van der Waals surface area contributed by atoms with Crippen molar-refractivity contribution in [2.24, 2.45) is 0 Å². The molecule has 0 radical (unpaired) electrons. The van der Waals surface area contributed by atoms with E-state index in [2.05, 4.69) is 26.1 Å². The van der Waals surface area contributed by atoms with E-state index >= 15 is 0 Å². The molecule has 4 nitrogen and oxygen atoms in total. The second-order valence-corrected chi connectivity index (χ2v) is 5.56. The van der Waals surface area contributed by atoms with Gasteiger partial charge in [-0.25, -0.2) is 0 Å². The third kappa shape index (κ3) is 1.99. The van der Waals surface area contributed by atoms with Gasteiger partial charge >= 0.3 is 0 Å². The van der Waals surface area contributed by atoms with Crippen molar-refractivity contribution in [3.05, 3.63) is 33.3 Å². The molecule has 2 aromatic rings. The molecule has 0 saturated heterocycles. The summed E-state index contributed by atoms with van der Waals surface area (Å²) in [5.74, 6) is 2.34. The normalized spacial score (nSPS) is 14.8. The first kappa shape index (κ1) is 11.9. The molecular formula is C12H12BrN3OS. The summed E-state index contributed by atoms with van der Waals surface area (Å²) in [4.78, 5) is 0. The number of hydrogen-bond donors (Lipinski definition) is 1. The topological polar surface area (TPSA) is 42.8 Å². The Hall–Kier alpha value is -1.14. The van der Waals surface area contributed by atoms with Gasteiger partial charge in [-0.15, -0.1) is 0 Å². The van der Waals surface area contributed by atoms with Crippen LogP contribution < -0.4 is 4.74 Å². The van der Waals surface area contributed by atoms with Crippen molar-refractivity contribution in [2.45, 2.75) is 18.8 Å². The Morgan fingerprint density at radius 2 is 2.28 bits per heavy atom. The second-order valence-electron chi connectivity index (χ2n) is 4.32. The van der Waals surface area contributed by atoms with Crippen LogP contribution in [0.3, 0.4) is 0 Å². The van der Waals surface area contributed by atoms with Gasteiger partial charge in [-0.1, -0.05) is 0 Å². The van der Waals surface area contributed by atoms with Crippen LogP contribution in [0.1, 0.15) is 24.6 Å². The Morgan fingerprint density at radius 1 is 1.50 bits per heavy atom. The number of rotatable bonds is 3. The van der Waals surface area contributed by atoms with E-state index < -0.39 is 0 Å². The molecule has 3 rings (SSSR count). The zero-order valence-corrected chi connectivity index (χ0v) is 12.2. The maximum Gasteiger partial charge on any atom is 0.199 e. The summed E-state index contributed by atoms with van der Waals surface area (Å²) in [5, 5.41) is 7.20. The van der Waals surface area contributed by atoms with E-state index in [1.54, 1.807) is 7.11 Å². The summed E-state index contributed by atoms with van der Waals surface area (Å²) >= 11 is 8.76. The molecule has 1 saturated carbocycles. The molecule has 94 valence electrons. The van der Waals surface area contributed by atoms with E-state index in [1.807, 2.05) is 22.8 Å². The number of ether oxygens (including phenoxy) is 1. The van der Waals surface area contributed by atoms with Crippen molar-refractivity contribution in [3.63, 3.8) is 0 Å². The minimum absolute atomic E-state index is 0.535. The lowest BCUT2D eigenvalue weighted by molar-refractivity contribution is 0.412. The molecular weight excluding hydrogens is 314 g/mol. The average molecular weight is 326 g/mol. The summed E-state index contributed by atoms with van der Waals surface area (Å²) < 4.78 is 8.86. The summed E-state index contributed by atoms with van der Waals surface area (Å²) in [5.41, 5.74) is 0.982. The predicted molar refractivity (Wildman–Crippen MR) is 75.0 cm³/mol. The Kier molecular flexibility index (Phi) is 2.99. The highest BCUT2D eigenvalue weighted by Gasteiger charge is 2.29. The van der Waals surface area contributed by atoms with Crippen LogP contribution in [0.2, 0.25) is 0 Å². The Bertz CT molecular complexity index is 645. The Morgan fingerprint density at radius 3 is 2.94 bits per heavy atom. The number of nitrogens with one attached hydrogen (secondary N) is 1. The quantitative estimate of drug-likeness (QED) is 0.877. The van der Waals surface area contributed by atoms with Gasteiger partial charge in [0.25, 0.3) is 0 Å². The maximum absolute atomic E-state index is 5.31. The van der Waals surface area contributed by atoms with E-state index in [0.717, 1.165) is 21.7 Å². The molecule has 18 heavy (non-hydrogen) atoms. The monoisotopic (exact) mass is 325 g/mol. The summed E-state index contributed by atoms with van der Waals surface area (Å²) in [6.07, 6.45) is 2.38. The second kappa shape index (κ2) is 4.51. The fourth-order valence-corrected chi connectivity index (χ4v) is 2.61. The molecule has 1 aliphatic rings. The number of nitrogens with zero attached hydrogens (tertiary/aromatic N) is 2. The van der Waals surface area contributed by atoms with Crippen molar-refractivity contribution >= 4 is 28.1 Å². The van der Waals surface area contributed by atoms with Crippen molar-refractivity contribution in [1.82, 2.24) is 14.8 Å². The summed E-state index contributed by atoms with van der Waals surface area (Å²) in [7, 11) is 1.65. The lowest BCUT2D eigenvalue weighted by atomic mass is 10.3. The van der Waals surface area contributed by atoms with Crippen LogP contribution in [0.4, 0.5) is 0 Å². The standard InChI is InChI=1S/C12H12BrN3OS/c1-17-10-6-8(4-5-9(10)13)16-11(7-2-3-7)14-15-12(16)18/h4-7H,2-3H2,1H3,(H,15,18). The lowest BCUT2D eigenvalue weighted by Crippen LogP contribution is -2.00. The van der Waals surface area contributed by atoms with Crippen LogP contribution in [-0.2, 0) is 0 Å².